The molecule has 6 heteroatoms. The highest BCUT2D eigenvalue weighted by molar-refractivity contribution is 5.83. The lowest BCUT2D eigenvalue weighted by Gasteiger charge is -2.24. The first kappa shape index (κ1) is 22.4. The molecule has 0 aromatic heterocycles. The highest BCUT2D eigenvalue weighted by Crippen LogP contribution is 2.13. The number of carboxylic acid groups (broad SMARTS) is 2. The van der Waals surface area contributed by atoms with Crippen LogP contribution in [0.1, 0.15) is 84.0 Å². The molecule has 1 amide bonds. The Kier molecular flexibility index (Phi) is 12.9. The quantitative estimate of drug-likeness (QED) is 0.442. The summed E-state index contributed by atoms with van der Waals surface area (Å²) in [6, 6.07) is -1.06. The first-order valence-corrected chi connectivity index (χ1v) is 9.10. The molecule has 0 aromatic carbocycles. The molecule has 0 aliphatic heterocycles. The van der Waals surface area contributed by atoms with Crippen molar-refractivity contribution in [1.29, 1.82) is 0 Å². The number of amides is 1. The van der Waals surface area contributed by atoms with Gasteiger partial charge in [-0.25, -0.2) is 4.79 Å². The summed E-state index contributed by atoms with van der Waals surface area (Å²) < 4.78 is 0. The molecule has 24 heavy (non-hydrogen) atoms. The van der Waals surface area contributed by atoms with E-state index in [1.165, 1.54) is 50.5 Å². The molecule has 0 saturated carbocycles. The van der Waals surface area contributed by atoms with E-state index in [0.717, 1.165) is 19.3 Å². The summed E-state index contributed by atoms with van der Waals surface area (Å²) in [6.07, 6.45) is 10.4. The van der Waals surface area contributed by atoms with Gasteiger partial charge in [-0.05, 0) is 12.8 Å². The third-order valence-corrected chi connectivity index (χ3v) is 4.27. The van der Waals surface area contributed by atoms with Gasteiger partial charge in [0.2, 0.25) is 5.91 Å². The minimum Gasteiger partial charge on any atom is -0.481 e. The number of unbranched alkanes of at least 4 members (excludes halogenated alkanes) is 8. The highest BCUT2D eigenvalue weighted by Gasteiger charge is 2.26. The molecule has 0 aliphatic rings. The van der Waals surface area contributed by atoms with Crippen LogP contribution in [-0.2, 0) is 14.4 Å². The lowest BCUT2D eigenvalue weighted by atomic mass is 10.1. The predicted molar refractivity (Wildman–Crippen MR) is 92.9 cm³/mol. The van der Waals surface area contributed by atoms with Crippen LogP contribution in [0.5, 0.6) is 0 Å². The number of carbonyl (C=O) groups is 3. The van der Waals surface area contributed by atoms with Gasteiger partial charge in [0.05, 0.1) is 0 Å². The second kappa shape index (κ2) is 13.8. The number of rotatable bonds is 15. The van der Waals surface area contributed by atoms with Crippen LogP contribution in [0.15, 0.2) is 0 Å². The third-order valence-electron chi connectivity index (χ3n) is 4.27. The molecular formula is C18H33NO5. The maximum Gasteiger partial charge on any atom is 0.326 e. The van der Waals surface area contributed by atoms with Gasteiger partial charge in [0.1, 0.15) is 6.04 Å². The third kappa shape index (κ3) is 11.0. The van der Waals surface area contributed by atoms with Crippen molar-refractivity contribution in [2.75, 3.05) is 7.05 Å². The fourth-order valence-corrected chi connectivity index (χ4v) is 2.68. The van der Waals surface area contributed by atoms with Crippen LogP contribution in [0.2, 0.25) is 0 Å². The summed E-state index contributed by atoms with van der Waals surface area (Å²) in [5.74, 6) is -2.43. The summed E-state index contributed by atoms with van der Waals surface area (Å²) >= 11 is 0. The summed E-state index contributed by atoms with van der Waals surface area (Å²) in [4.78, 5) is 35.0. The van der Waals surface area contributed by atoms with Crippen molar-refractivity contribution in [3.05, 3.63) is 0 Å². The maximum absolute atomic E-state index is 12.1. The van der Waals surface area contributed by atoms with E-state index in [9.17, 15) is 14.4 Å². The van der Waals surface area contributed by atoms with E-state index < -0.39 is 18.0 Å². The van der Waals surface area contributed by atoms with Gasteiger partial charge < -0.3 is 15.1 Å². The van der Waals surface area contributed by atoms with Crippen molar-refractivity contribution in [2.24, 2.45) is 0 Å². The van der Waals surface area contributed by atoms with E-state index in [-0.39, 0.29) is 18.7 Å². The van der Waals surface area contributed by atoms with Crippen molar-refractivity contribution >= 4 is 17.8 Å². The number of hydrogen-bond acceptors (Lipinski definition) is 3. The molecule has 6 nitrogen and oxygen atoms in total. The topological polar surface area (TPSA) is 94.9 Å². The normalized spacial score (nSPS) is 11.9. The molecule has 1 atom stereocenters. The molecule has 0 spiro atoms. The molecule has 0 heterocycles. The first-order valence-electron chi connectivity index (χ1n) is 9.10. The van der Waals surface area contributed by atoms with Crippen molar-refractivity contribution < 1.29 is 24.6 Å². The second-order valence-corrected chi connectivity index (χ2v) is 6.37. The van der Waals surface area contributed by atoms with Crippen molar-refractivity contribution in [3.8, 4) is 0 Å². The van der Waals surface area contributed by atoms with Crippen LogP contribution in [0.4, 0.5) is 0 Å². The van der Waals surface area contributed by atoms with Crippen molar-refractivity contribution in [2.45, 2.75) is 90.0 Å². The number of hydrogen-bond donors (Lipinski definition) is 2. The van der Waals surface area contributed by atoms with Crippen LogP contribution in [0.25, 0.3) is 0 Å². The van der Waals surface area contributed by atoms with Gasteiger partial charge in [-0.2, -0.15) is 0 Å². The van der Waals surface area contributed by atoms with Crippen molar-refractivity contribution in [3.63, 3.8) is 0 Å². The molecule has 0 aromatic rings. The lowest BCUT2D eigenvalue weighted by Crippen LogP contribution is -2.42. The van der Waals surface area contributed by atoms with E-state index in [4.69, 9.17) is 10.2 Å². The molecule has 140 valence electrons. The van der Waals surface area contributed by atoms with Crippen LogP contribution in [0.3, 0.4) is 0 Å². The average molecular weight is 343 g/mol. The minimum atomic E-state index is -1.15. The molecule has 0 saturated heterocycles. The summed E-state index contributed by atoms with van der Waals surface area (Å²) in [7, 11) is 1.44. The Hall–Kier alpha value is -1.59. The number of likely N-dealkylation sites (N-methyl/N-ethyl adjacent to an activating group) is 1. The molecule has 1 unspecified atom stereocenters. The zero-order valence-corrected chi connectivity index (χ0v) is 15.1. The Labute approximate surface area is 145 Å². The summed E-state index contributed by atoms with van der Waals surface area (Å²) in [5, 5.41) is 17.8. The van der Waals surface area contributed by atoms with Gasteiger partial charge >= 0.3 is 11.9 Å². The fourth-order valence-electron chi connectivity index (χ4n) is 2.68. The van der Waals surface area contributed by atoms with Crippen LogP contribution < -0.4 is 0 Å². The first-order chi connectivity index (χ1) is 11.4. The molecular weight excluding hydrogens is 310 g/mol. The Bertz CT molecular complexity index is 384. The molecule has 2 N–H and O–H groups in total. The summed E-state index contributed by atoms with van der Waals surface area (Å²) in [5.41, 5.74) is 0. The van der Waals surface area contributed by atoms with Crippen molar-refractivity contribution in [1.82, 2.24) is 4.90 Å². The monoisotopic (exact) mass is 343 g/mol. The fraction of sp³-hybridized carbons (Fsp3) is 0.833. The zero-order chi connectivity index (χ0) is 18.4. The molecule has 0 radical (unpaired) electrons. The van der Waals surface area contributed by atoms with E-state index in [1.807, 2.05) is 0 Å². The van der Waals surface area contributed by atoms with E-state index in [2.05, 4.69) is 6.92 Å². The van der Waals surface area contributed by atoms with Gasteiger partial charge in [0.25, 0.3) is 0 Å². The van der Waals surface area contributed by atoms with E-state index in [0.29, 0.717) is 6.42 Å². The van der Waals surface area contributed by atoms with Gasteiger partial charge in [-0.1, -0.05) is 58.3 Å². The predicted octanol–water partition coefficient (Wildman–Crippen LogP) is 3.68. The maximum atomic E-state index is 12.1. The minimum absolute atomic E-state index is 0.0648. The molecule has 0 aliphatic carbocycles. The average Bonchev–Trinajstić information content (AvgIpc) is 2.52. The zero-order valence-electron chi connectivity index (χ0n) is 15.1. The van der Waals surface area contributed by atoms with Crippen LogP contribution in [0, 0.1) is 0 Å². The lowest BCUT2D eigenvalue weighted by molar-refractivity contribution is -0.150. The molecule has 0 rings (SSSR count). The largest absolute Gasteiger partial charge is 0.481 e. The number of carbonyl (C=O) groups excluding carboxylic acids is 1. The Morgan fingerprint density at radius 1 is 0.833 bits per heavy atom. The highest BCUT2D eigenvalue weighted by atomic mass is 16.4. The van der Waals surface area contributed by atoms with Crippen LogP contribution >= 0.6 is 0 Å². The van der Waals surface area contributed by atoms with E-state index in [1.54, 1.807) is 0 Å². The Balaban J connectivity index is 3.91. The van der Waals surface area contributed by atoms with Gasteiger partial charge in [0, 0.05) is 19.9 Å². The molecule has 0 bridgehead atoms. The number of nitrogens with zero attached hydrogens (tertiary/aromatic N) is 1. The van der Waals surface area contributed by atoms with Gasteiger partial charge in [0.15, 0.2) is 0 Å². The second-order valence-electron chi connectivity index (χ2n) is 6.37. The summed E-state index contributed by atoms with van der Waals surface area (Å²) in [6.45, 7) is 2.20. The van der Waals surface area contributed by atoms with Crippen LogP contribution in [-0.4, -0.2) is 46.0 Å². The SMILES string of the molecule is CCCCCCCCCCCC(=O)N(C)C(CCC(=O)O)C(=O)O. The Morgan fingerprint density at radius 3 is 1.79 bits per heavy atom. The number of aliphatic carboxylic acids is 2. The van der Waals surface area contributed by atoms with Gasteiger partial charge in [-0.15, -0.1) is 0 Å². The number of carboxylic acids is 2. The van der Waals surface area contributed by atoms with E-state index >= 15 is 0 Å². The smallest absolute Gasteiger partial charge is 0.326 e. The standard InChI is InChI=1S/C18H33NO5/c1-3-4-5-6-7-8-9-10-11-12-16(20)19(2)15(18(23)24)13-14-17(21)22/h15H,3-14H2,1-2H3,(H,21,22)(H,23,24). The Morgan fingerprint density at radius 2 is 1.33 bits per heavy atom. The molecule has 0 fully saturated rings. The van der Waals surface area contributed by atoms with Gasteiger partial charge in [-0.3, -0.25) is 9.59 Å².